The average molecular weight is 511 g/mol. The van der Waals surface area contributed by atoms with E-state index in [1.165, 1.54) is 0 Å². The molecule has 0 amide bonds. The van der Waals surface area contributed by atoms with Crippen molar-refractivity contribution in [2.24, 2.45) is 0 Å². The van der Waals surface area contributed by atoms with Crippen molar-refractivity contribution in [3.05, 3.63) is 82.9 Å². The zero-order chi connectivity index (χ0) is 24.6. The highest BCUT2D eigenvalue weighted by molar-refractivity contribution is 7.91. The van der Waals surface area contributed by atoms with Gasteiger partial charge in [-0.15, -0.1) is 0 Å². The van der Waals surface area contributed by atoms with E-state index in [-0.39, 0.29) is 6.04 Å². The number of imidazole rings is 1. The van der Waals surface area contributed by atoms with Crippen LogP contribution in [0, 0.1) is 18.3 Å². The molecule has 1 aromatic heterocycles. The first-order chi connectivity index (χ1) is 16.8. The van der Waals surface area contributed by atoms with Crippen molar-refractivity contribution >= 4 is 27.5 Å². The molecule has 1 atom stereocenters. The van der Waals surface area contributed by atoms with Crippen LogP contribution in [0.4, 0.5) is 5.69 Å². The molecule has 3 aromatic rings. The normalized spacial score (nSPS) is 20.1. The van der Waals surface area contributed by atoms with Gasteiger partial charge in [0.1, 0.15) is 0 Å². The first-order valence-corrected chi connectivity index (χ1v) is 13.4. The highest BCUT2D eigenvalue weighted by Gasteiger charge is 2.51. The van der Waals surface area contributed by atoms with E-state index in [4.69, 9.17) is 16.9 Å². The Bertz CT molecular complexity index is 1340. The molecular formula is C25H27ClN6O2S. The van der Waals surface area contributed by atoms with Crippen molar-refractivity contribution in [2.75, 3.05) is 30.5 Å². The summed E-state index contributed by atoms with van der Waals surface area (Å²) in [6.45, 7) is 4.57. The number of nitriles is 1. The Morgan fingerprint density at radius 3 is 2.57 bits per heavy atom. The molecule has 1 unspecified atom stereocenters. The van der Waals surface area contributed by atoms with Crippen LogP contribution >= 0.6 is 11.6 Å². The van der Waals surface area contributed by atoms with E-state index in [9.17, 15) is 8.42 Å². The maximum absolute atomic E-state index is 13.0. The molecule has 2 saturated heterocycles. The monoisotopic (exact) mass is 510 g/mol. The van der Waals surface area contributed by atoms with Crippen LogP contribution in [0.3, 0.4) is 0 Å². The van der Waals surface area contributed by atoms with E-state index in [0.29, 0.717) is 35.7 Å². The lowest BCUT2D eigenvalue weighted by atomic mass is 9.86. The van der Waals surface area contributed by atoms with E-state index in [1.807, 2.05) is 49.8 Å². The molecule has 0 radical (unpaired) electrons. The van der Waals surface area contributed by atoms with Gasteiger partial charge in [0, 0.05) is 43.6 Å². The van der Waals surface area contributed by atoms with Crippen molar-refractivity contribution in [2.45, 2.75) is 31.3 Å². The van der Waals surface area contributed by atoms with Crippen LogP contribution in [0.5, 0.6) is 0 Å². The Morgan fingerprint density at radius 1 is 1.20 bits per heavy atom. The van der Waals surface area contributed by atoms with Gasteiger partial charge in [0.25, 0.3) is 0 Å². The maximum atomic E-state index is 13.0. The molecule has 1 N–H and O–H groups in total. The van der Waals surface area contributed by atoms with Crippen LogP contribution in [0.15, 0.2) is 61.2 Å². The number of piperidine rings is 1. The van der Waals surface area contributed by atoms with Crippen molar-refractivity contribution in [1.82, 2.24) is 19.2 Å². The molecule has 2 aliphatic heterocycles. The maximum Gasteiger partial charge on any atom is 0.302 e. The van der Waals surface area contributed by atoms with E-state index >= 15 is 0 Å². The molecule has 3 heterocycles. The Hall–Kier alpha value is -2.90. The van der Waals surface area contributed by atoms with Crippen LogP contribution in [0.1, 0.15) is 35.6 Å². The van der Waals surface area contributed by atoms with Gasteiger partial charge in [-0.3, -0.25) is 4.31 Å². The summed E-state index contributed by atoms with van der Waals surface area (Å²) in [6, 6.07) is 15.3. The first kappa shape index (κ1) is 23.8. The highest BCUT2D eigenvalue weighted by Crippen LogP contribution is 2.40. The summed E-state index contributed by atoms with van der Waals surface area (Å²) in [5.74, 6) is 0. The van der Waals surface area contributed by atoms with Crippen LogP contribution in [0.25, 0.3) is 0 Å². The topological polar surface area (TPSA) is 94.3 Å². The first-order valence-electron chi connectivity index (χ1n) is 11.6. The molecule has 35 heavy (non-hydrogen) atoms. The minimum absolute atomic E-state index is 0.0414. The quantitative estimate of drug-likeness (QED) is 0.567. The number of nitrogens with zero attached hydrogens (tertiary/aromatic N) is 5. The summed E-state index contributed by atoms with van der Waals surface area (Å²) >= 11 is 6.20. The molecule has 182 valence electrons. The van der Waals surface area contributed by atoms with Crippen molar-refractivity contribution in [1.29, 1.82) is 5.26 Å². The Kier molecular flexibility index (Phi) is 6.32. The number of rotatable bonds is 5. The van der Waals surface area contributed by atoms with Gasteiger partial charge in [0.05, 0.1) is 35.2 Å². The van der Waals surface area contributed by atoms with E-state index < -0.39 is 15.7 Å². The Balaban J connectivity index is 1.36. The number of benzene rings is 2. The summed E-state index contributed by atoms with van der Waals surface area (Å²) in [5.41, 5.74) is 2.73. The number of aromatic nitrogens is 2. The lowest BCUT2D eigenvalue weighted by Gasteiger charge is -2.44. The van der Waals surface area contributed by atoms with Gasteiger partial charge in [-0.2, -0.15) is 18.4 Å². The van der Waals surface area contributed by atoms with Gasteiger partial charge in [0.2, 0.25) is 0 Å². The van der Waals surface area contributed by atoms with Gasteiger partial charge in [-0.25, -0.2) is 4.98 Å². The highest BCUT2D eigenvalue weighted by atomic mass is 35.5. The third-order valence-electron chi connectivity index (χ3n) is 7.16. The summed E-state index contributed by atoms with van der Waals surface area (Å²) in [4.78, 5) is 6.61. The second-order valence-corrected chi connectivity index (χ2v) is 11.3. The molecular weight excluding hydrogens is 484 g/mol. The summed E-state index contributed by atoms with van der Waals surface area (Å²) in [5, 5.41) is 9.77. The van der Waals surface area contributed by atoms with Gasteiger partial charge in [0.15, 0.2) is 0 Å². The van der Waals surface area contributed by atoms with Gasteiger partial charge < -0.3 is 9.47 Å². The minimum atomic E-state index is -3.62. The lowest BCUT2D eigenvalue weighted by Crippen LogP contribution is -2.55. The molecule has 10 heteroatoms. The van der Waals surface area contributed by atoms with Gasteiger partial charge in [-0.1, -0.05) is 23.7 Å². The van der Waals surface area contributed by atoms with Crippen LogP contribution in [0.2, 0.25) is 5.02 Å². The lowest BCUT2D eigenvalue weighted by molar-refractivity contribution is 0.158. The number of anilines is 1. The summed E-state index contributed by atoms with van der Waals surface area (Å²) in [7, 11) is -3.62. The van der Waals surface area contributed by atoms with Crippen molar-refractivity contribution in [3.63, 3.8) is 0 Å². The largest absolute Gasteiger partial charge is 0.329 e. The molecule has 2 aromatic carbocycles. The Morgan fingerprint density at radius 2 is 1.94 bits per heavy atom. The molecule has 8 nitrogen and oxygen atoms in total. The van der Waals surface area contributed by atoms with Crippen molar-refractivity contribution < 1.29 is 8.42 Å². The van der Waals surface area contributed by atoms with E-state index in [2.05, 4.69) is 25.2 Å². The number of likely N-dealkylation sites (tertiary alicyclic amines) is 1. The summed E-state index contributed by atoms with van der Waals surface area (Å²) < 4.78 is 32.5. The molecule has 2 fully saturated rings. The predicted molar refractivity (Wildman–Crippen MR) is 136 cm³/mol. The SMILES string of the molecule is Cc1cc(N2C3(CCN(CC(c4ccc(C#N)cc4)n4ccnc4)CC3)CNS2(=O)=O)ccc1Cl. The third-order valence-corrected chi connectivity index (χ3v) is 9.17. The van der Waals surface area contributed by atoms with Gasteiger partial charge >= 0.3 is 10.2 Å². The second kappa shape index (κ2) is 9.28. The van der Waals surface area contributed by atoms with Crippen molar-refractivity contribution in [3.8, 4) is 6.07 Å². The standard InChI is InChI=1S/C25H27ClN6O2S/c1-19-14-22(6-7-23(19)26)32-25(17-29-35(32,33)34)8-11-30(12-9-25)16-24(31-13-10-28-18-31)21-4-2-20(15-27)3-5-21/h2-7,10,13-14,18,24,29H,8-9,11-12,16-17H2,1H3. The molecule has 0 saturated carbocycles. The van der Waals surface area contributed by atoms with Gasteiger partial charge in [-0.05, 0) is 61.2 Å². The third kappa shape index (κ3) is 4.55. The fourth-order valence-electron chi connectivity index (χ4n) is 5.17. The number of hydrogen-bond acceptors (Lipinski definition) is 5. The smallest absolute Gasteiger partial charge is 0.302 e. The predicted octanol–water partition coefficient (Wildman–Crippen LogP) is 3.50. The zero-order valence-corrected chi connectivity index (χ0v) is 21.0. The number of halogens is 1. The van der Waals surface area contributed by atoms with E-state index in [0.717, 1.165) is 30.8 Å². The van der Waals surface area contributed by atoms with Crippen LogP contribution in [-0.4, -0.2) is 54.6 Å². The zero-order valence-electron chi connectivity index (χ0n) is 19.4. The van der Waals surface area contributed by atoms with E-state index in [1.54, 1.807) is 22.6 Å². The van der Waals surface area contributed by atoms with Crippen LogP contribution in [-0.2, 0) is 10.2 Å². The molecule has 0 bridgehead atoms. The second-order valence-electron chi connectivity index (χ2n) is 9.31. The Labute approximate surface area is 210 Å². The molecule has 5 rings (SSSR count). The number of aryl methyl sites for hydroxylation is 1. The fourth-order valence-corrected chi connectivity index (χ4v) is 7.01. The number of nitrogens with one attached hydrogen (secondary N) is 1. The molecule has 0 aliphatic carbocycles. The average Bonchev–Trinajstić information content (AvgIpc) is 3.47. The molecule has 1 spiro atoms. The fraction of sp³-hybridized carbons (Fsp3) is 0.360. The molecule has 2 aliphatic rings. The number of hydrogen-bond donors (Lipinski definition) is 1. The summed E-state index contributed by atoms with van der Waals surface area (Å²) in [6.07, 6.45) is 6.96. The van der Waals surface area contributed by atoms with Crippen LogP contribution < -0.4 is 9.03 Å². The minimum Gasteiger partial charge on any atom is -0.329 e.